The molecule has 1 saturated heterocycles. The molecule has 1 aliphatic heterocycles. The van der Waals surface area contributed by atoms with Crippen LogP contribution in [0.25, 0.3) is 17.0 Å². The van der Waals surface area contributed by atoms with Crippen LogP contribution in [-0.2, 0) is 4.79 Å². The summed E-state index contributed by atoms with van der Waals surface area (Å²) in [6, 6.07) is 14.6. The van der Waals surface area contributed by atoms with Crippen molar-refractivity contribution in [1.29, 1.82) is 0 Å². The molecular weight excluding hydrogens is 374 g/mol. The van der Waals surface area contributed by atoms with E-state index < -0.39 is 0 Å². The fourth-order valence-electron chi connectivity index (χ4n) is 3.60. The summed E-state index contributed by atoms with van der Waals surface area (Å²) in [5, 5.41) is 1.21. The zero-order chi connectivity index (χ0) is 19.5. The number of carbonyl (C=O) groups is 1. The summed E-state index contributed by atoms with van der Waals surface area (Å²) >= 11 is 6.14. The van der Waals surface area contributed by atoms with Gasteiger partial charge in [0.05, 0.1) is 23.3 Å². The summed E-state index contributed by atoms with van der Waals surface area (Å²) in [5.74, 6) is -0.0774. The van der Waals surface area contributed by atoms with E-state index in [1.165, 1.54) is 0 Å². The van der Waals surface area contributed by atoms with E-state index >= 15 is 0 Å². The van der Waals surface area contributed by atoms with Crippen molar-refractivity contribution in [2.75, 3.05) is 13.1 Å². The van der Waals surface area contributed by atoms with E-state index in [0.29, 0.717) is 29.0 Å². The highest BCUT2D eigenvalue weighted by Gasteiger charge is 2.24. The van der Waals surface area contributed by atoms with Crippen LogP contribution in [0.1, 0.15) is 24.4 Å². The molecule has 2 heterocycles. The minimum atomic E-state index is -0.0774. The topological polar surface area (TPSA) is 55.2 Å². The molecule has 1 aromatic heterocycles. The van der Waals surface area contributed by atoms with Gasteiger partial charge in [0.2, 0.25) is 5.91 Å². The van der Waals surface area contributed by atoms with Gasteiger partial charge in [0, 0.05) is 24.2 Å². The van der Waals surface area contributed by atoms with Gasteiger partial charge in [0.15, 0.2) is 0 Å². The van der Waals surface area contributed by atoms with Crippen molar-refractivity contribution in [2.24, 2.45) is 0 Å². The summed E-state index contributed by atoms with van der Waals surface area (Å²) in [6.45, 7) is 1.17. The second kappa shape index (κ2) is 7.98. The highest BCUT2D eigenvalue weighted by Crippen LogP contribution is 2.22. The van der Waals surface area contributed by atoms with Gasteiger partial charge in [0.25, 0.3) is 5.56 Å². The number of likely N-dealkylation sites (tertiary alicyclic amines) is 1. The minimum Gasteiger partial charge on any atom is -0.337 e. The summed E-state index contributed by atoms with van der Waals surface area (Å²) in [5.41, 5.74) is 1.44. The molecule has 0 N–H and O–H groups in total. The lowest BCUT2D eigenvalue weighted by molar-refractivity contribution is -0.127. The molecule has 3 aromatic rings. The number of piperidine rings is 1. The van der Waals surface area contributed by atoms with Crippen LogP contribution < -0.4 is 5.56 Å². The van der Waals surface area contributed by atoms with Gasteiger partial charge < -0.3 is 4.90 Å². The molecule has 1 fully saturated rings. The van der Waals surface area contributed by atoms with Gasteiger partial charge in [-0.05, 0) is 42.7 Å². The fraction of sp³-hybridized carbons (Fsp3) is 0.227. The second-order valence-electron chi connectivity index (χ2n) is 6.91. The lowest BCUT2D eigenvalue weighted by atomic mass is 10.0. The third kappa shape index (κ3) is 3.71. The first-order valence-corrected chi connectivity index (χ1v) is 9.68. The first-order chi connectivity index (χ1) is 13.6. The Bertz CT molecular complexity index is 1110. The van der Waals surface area contributed by atoms with Crippen molar-refractivity contribution < 1.29 is 4.79 Å². The van der Waals surface area contributed by atoms with Crippen molar-refractivity contribution in [2.45, 2.75) is 18.9 Å². The number of halogens is 1. The highest BCUT2D eigenvalue weighted by atomic mass is 35.5. The zero-order valence-electron chi connectivity index (χ0n) is 15.3. The first kappa shape index (κ1) is 18.4. The van der Waals surface area contributed by atoms with Crippen LogP contribution in [0, 0.1) is 0 Å². The molecule has 0 bridgehead atoms. The van der Waals surface area contributed by atoms with Gasteiger partial charge in [-0.25, -0.2) is 4.98 Å². The maximum absolute atomic E-state index is 12.8. The van der Waals surface area contributed by atoms with E-state index in [2.05, 4.69) is 4.98 Å². The Labute approximate surface area is 167 Å². The van der Waals surface area contributed by atoms with Crippen LogP contribution in [0.2, 0.25) is 5.02 Å². The third-order valence-electron chi connectivity index (χ3n) is 5.10. The average molecular weight is 394 g/mol. The van der Waals surface area contributed by atoms with E-state index in [4.69, 9.17) is 11.6 Å². The lowest BCUT2D eigenvalue weighted by Gasteiger charge is -2.33. The standard InChI is InChI=1S/C22H20ClN3O2/c23-19-9-3-1-6-16(19)11-12-21(27)25-13-5-7-17(14-25)26-15-24-20-10-4-2-8-18(20)22(26)28/h1-4,6,8-12,15,17H,5,7,13-14H2. The Hall–Kier alpha value is -2.92. The SMILES string of the molecule is O=C(C=Cc1ccccc1Cl)N1CCCC(n2cnc3ccccc3c2=O)C1. The molecular formula is C22H20ClN3O2. The van der Waals surface area contributed by atoms with E-state index in [1.54, 1.807) is 40.1 Å². The summed E-state index contributed by atoms with van der Waals surface area (Å²) in [6.07, 6.45) is 6.57. The van der Waals surface area contributed by atoms with Gasteiger partial charge >= 0.3 is 0 Å². The molecule has 1 unspecified atom stereocenters. The maximum Gasteiger partial charge on any atom is 0.261 e. The molecule has 0 aliphatic carbocycles. The third-order valence-corrected chi connectivity index (χ3v) is 5.45. The molecule has 1 amide bonds. The van der Waals surface area contributed by atoms with Gasteiger partial charge in [-0.1, -0.05) is 41.9 Å². The van der Waals surface area contributed by atoms with Crippen molar-refractivity contribution >= 4 is 34.5 Å². The normalized spacial score (nSPS) is 17.3. The number of amides is 1. The van der Waals surface area contributed by atoms with Gasteiger partial charge in [-0.15, -0.1) is 0 Å². The molecule has 6 heteroatoms. The summed E-state index contributed by atoms with van der Waals surface area (Å²) < 4.78 is 1.67. The quantitative estimate of drug-likeness (QED) is 0.633. The molecule has 1 atom stereocenters. The van der Waals surface area contributed by atoms with Crippen LogP contribution in [-0.4, -0.2) is 33.4 Å². The van der Waals surface area contributed by atoms with Gasteiger partial charge in [0.1, 0.15) is 0 Å². The van der Waals surface area contributed by atoms with E-state index in [0.717, 1.165) is 18.4 Å². The Morgan fingerprint density at radius 1 is 1.14 bits per heavy atom. The van der Waals surface area contributed by atoms with Crippen LogP contribution >= 0.6 is 11.6 Å². The molecule has 142 valence electrons. The number of fused-ring (bicyclic) bond motifs is 1. The first-order valence-electron chi connectivity index (χ1n) is 9.31. The molecule has 28 heavy (non-hydrogen) atoms. The number of hydrogen-bond donors (Lipinski definition) is 0. The van der Waals surface area contributed by atoms with E-state index in [-0.39, 0.29) is 17.5 Å². The largest absolute Gasteiger partial charge is 0.337 e. The number of benzene rings is 2. The molecule has 0 radical (unpaired) electrons. The Kier molecular flexibility index (Phi) is 5.26. The number of aromatic nitrogens is 2. The van der Waals surface area contributed by atoms with Gasteiger partial charge in [-0.3, -0.25) is 14.2 Å². The van der Waals surface area contributed by atoms with Crippen molar-refractivity contribution in [3.8, 4) is 0 Å². The maximum atomic E-state index is 12.8. The van der Waals surface area contributed by atoms with E-state index in [9.17, 15) is 9.59 Å². The van der Waals surface area contributed by atoms with Gasteiger partial charge in [-0.2, -0.15) is 0 Å². The van der Waals surface area contributed by atoms with Crippen LogP contribution in [0.5, 0.6) is 0 Å². The van der Waals surface area contributed by atoms with Crippen molar-refractivity contribution in [3.05, 3.63) is 81.9 Å². The molecule has 0 saturated carbocycles. The lowest BCUT2D eigenvalue weighted by Crippen LogP contribution is -2.42. The van der Waals surface area contributed by atoms with Crippen molar-refractivity contribution in [3.63, 3.8) is 0 Å². The summed E-state index contributed by atoms with van der Waals surface area (Å²) in [4.78, 5) is 31.7. The number of carbonyl (C=O) groups excluding carboxylic acids is 1. The van der Waals surface area contributed by atoms with Crippen LogP contribution in [0.15, 0.2) is 65.7 Å². The average Bonchev–Trinajstić information content (AvgIpc) is 2.73. The van der Waals surface area contributed by atoms with Crippen LogP contribution in [0.3, 0.4) is 0 Å². The Balaban J connectivity index is 1.53. The fourth-order valence-corrected chi connectivity index (χ4v) is 3.80. The smallest absolute Gasteiger partial charge is 0.261 e. The molecule has 4 rings (SSSR count). The predicted octanol–water partition coefficient (Wildman–Crippen LogP) is 3.93. The monoisotopic (exact) mass is 393 g/mol. The number of nitrogens with zero attached hydrogens (tertiary/aromatic N) is 3. The van der Waals surface area contributed by atoms with E-state index in [1.807, 2.05) is 36.4 Å². The number of para-hydroxylation sites is 1. The second-order valence-corrected chi connectivity index (χ2v) is 7.32. The number of hydrogen-bond acceptors (Lipinski definition) is 3. The molecule has 1 aliphatic rings. The van der Waals surface area contributed by atoms with Crippen molar-refractivity contribution in [1.82, 2.24) is 14.5 Å². The highest BCUT2D eigenvalue weighted by molar-refractivity contribution is 6.32. The zero-order valence-corrected chi connectivity index (χ0v) is 16.0. The number of rotatable bonds is 3. The molecule has 2 aromatic carbocycles. The minimum absolute atomic E-state index is 0.0588. The van der Waals surface area contributed by atoms with Crippen LogP contribution in [0.4, 0.5) is 0 Å². The Morgan fingerprint density at radius 2 is 1.93 bits per heavy atom. The summed E-state index contributed by atoms with van der Waals surface area (Å²) in [7, 11) is 0. The molecule has 0 spiro atoms. The molecule has 5 nitrogen and oxygen atoms in total. The predicted molar refractivity (Wildman–Crippen MR) is 111 cm³/mol. The Morgan fingerprint density at radius 3 is 2.79 bits per heavy atom.